The molecule has 3 heteroatoms. The minimum atomic E-state index is 0.309. The van der Waals surface area contributed by atoms with Crippen LogP contribution in [0.2, 0.25) is 0 Å². The molecule has 19 heavy (non-hydrogen) atoms. The van der Waals surface area contributed by atoms with Crippen LogP contribution in [0.25, 0.3) is 0 Å². The molecule has 1 fully saturated rings. The lowest BCUT2D eigenvalue weighted by Gasteiger charge is -2.32. The van der Waals surface area contributed by atoms with Gasteiger partial charge < -0.3 is 10.1 Å². The Morgan fingerprint density at radius 2 is 2.05 bits per heavy atom. The average molecular weight is 262 g/mol. The second-order valence-corrected chi connectivity index (χ2v) is 5.21. The molecule has 1 N–H and O–H groups in total. The van der Waals surface area contributed by atoms with Crippen LogP contribution in [0.3, 0.4) is 0 Å². The Kier molecular flexibility index (Phi) is 5.67. The number of nitrogens with one attached hydrogen (secondary N) is 1. The van der Waals surface area contributed by atoms with Crippen LogP contribution in [0.1, 0.15) is 25.8 Å². The quantitative estimate of drug-likeness (QED) is 0.853. The Morgan fingerprint density at radius 1 is 1.26 bits per heavy atom. The van der Waals surface area contributed by atoms with E-state index in [0.717, 1.165) is 39.2 Å². The third kappa shape index (κ3) is 4.51. The average Bonchev–Trinajstić information content (AvgIpc) is 2.47. The first-order chi connectivity index (χ1) is 9.31. The molecule has 0 aromatic heterocycles. The number of anilines is 1. The molecule has 2 rings (SSSR count). The van der Waals surface area contributed by atoms with Crippen LogP contribution >= 0.6 is 0 Å². The number of nitrogens with zero attached hydrogens (tertiary/aromatic N) is 1. The van der Waals surface area contributed by atoms with Crippen molar-refractivity contribution in [3.05, 3.63) is 29.8 Å². The highest BCUT2D eigenvalue weighted by Gasteiger charge is 2.18. The van der Waals surface area contributed by atoms with E-state index in [1.54, 1.807) is 0 Å². The highest BCUT2D eigenvalue weighted by atomic mass is 16.5. The fraction of sp³-hybridized carbons (Fsp3) is 0.625. The Morgan fingerprint density at radius 3 is 2.74 bits per heavy atom. The van der Waals surface area contributed by atoms with E-state index in [1.807, 2.05) is 0 Å². The molecule has 0 bridgehead atoms. The molecule has 1 aromatic carbocycles. The molecule has 0 saturated carbocycles. The van der Waals surface area contributed by atoms with Crippen LogP contribution in [-0.2, 0) is 11.2 Å². The summed E-state index contributed by atoms with van der Waals surface area (Å²) in [5, 5.41) is 3.48. The third-order valence-corrected chi connectivity index (χ3v) is 3.70. The van der Waals surface area contributed by atoms with Gasteiger partial charge in [-0.2, -0.15) is 0 Å². The van der Waals surface area contributed by atoms with Crippen LogP contribution < -0.4 is 5.32 Å². The summed E-state index contributed by atoms with van der Waals surface area (Å²) in [5.74, 6) is 0. The van der Waals surface area contributed by atoms with Crippen molar-refractivity contribution >= 4 is 5.69 Å². The molecular formula is C16H26N2O. The Balaban J connectivity index is 1.78. The van der Waals surface area contributed by atoms with Gasteiger partial charge in [-0.05, 0) is 30.7 Å². The maximum Gasteiger partial charge on any atom is 0.0874 e. The van der Waals surface area contributed by atoms with Crippen LogP contribution in [0.5, 0.6) is 0 Å². The van der Waals surface area contributed by atoms with Crippen molar-refractivity contribution in [1.82, 2.24) is 4.90 Å². The lowest BCUT2D eigenvalue weighted by Crippen LogP contribution is -2.45. The number of hydrogen-bond donors (Lipinski definition) is 1. The van der Waals surface area contributed by atoms with Gasteiger partial charge in [-0.15, -0.1) is 0 Å². The molecule has 3 nitrogen and oxygen atoms in total. The molecule has 1 atom stereocenters. The van der Waals surface area contributed by atoms with E-state index < -0.39 is 0 Å². The molecule has 0 aliphatic carbocycles. The number of ether oxygens (including phenoxy) is 1. The smallest absolute Gasteiger partial charge is 0.0874 e. The van der Waals surface area contributed by atoms with Gasteiger partial charge in [0.1, 0.15) is 0 Å². The first kappa shape index (κ1) is 14.4. The third-order valence-electron chi connectivity index (χ3n) is 3.70. The summed E-state index contributed by atoms with van der Waals surface area (Å²) in [6.45, 7) is 9.40. The van der Waals surface area contributed by atoms with Gasteiger partial charge in [0.05, 0.1) is 12.7 Å². The van der Waals surface area contributed by atoms with E-state index in [9.17, 15) is 0 Å². The van der Waals surface area contributed by atoms with Crippen molar-refractivity contribution in [2.24, 2.45) is 0 Å². The van der Waals surface area contributed by atoms with Gasteiger partial charge in [0.2, 0.25) is 0 Å². The minimum absolute atomic E-state index is 0.309. The highest BCUT2D eigenvalue weighted by molar-refractivity contribution is 5.44. The largest absolute Gasteiger partial charge is 0.382 e. The normalized spacial score (nSPS) is 20.4. The standard InChI is InChI=1S/C16H26N2O/c1-3-5-14-6-8-15(9-7-14)17-12-16-13-18(4-2)10-11-19-16/h6-9,16-17H,3-5,10-13H2,1-2H3. The van der Waals surface area contributed by atoms with Crippen molar-refractivity contribution in [2.75, 3.05) is 38.1 Å². The van der Waals surface area contributed by atoms with Gasteiger partial charge in [-0.1, -0.05) is 32.4 Å². The van der Waals surface area contributed by atoms with Crippen LogP contribution in [0.15, 0.2) is 24.3 Å². The zero-order chi connectivity index (χ0) is 13.5. The van der Waals surface area contributed by atoms with E-state index in [0.29, 0.717) is 6.10 Å². The summed E-state index contributed by atoms with van der Waals surface area (Å²) >= 11 is 0. The molecule has 1 aliphatic heterocycles. The maximum absolute atomic E-state index is 5.79. The molecule has 1 aromatic rings. The molecule has 0 amide bonds. The first-order valence-corrected chi connectivity index (χ1v) is 7.48. The summed E-state index contributed by atoms with van der Waals surface area (Å²) in [6, 6.07) is 8.77. The van der Waals surface area contributed by atoms with E-state index >= 15 is 0 Å². The molecule has 106 valence electrons. The van der Waals surface area contributed by atoms with Gasteiger partial charge in [0, 0.05) is 25.3 Å². The Bertz CT molecular complexity index is 364. The van der Waals surface area contributed by atoms with Gasteiger partial charge in [-0.25, -0.2) is 0 Å². The molecular weight excluding hydrogens is 236 g/mol. The second-order valence-electron chi connectivity index (χ2n) is 5.21. The van der Waals surface area contributed by atoms with Gasteiger partial charge in [0.15, 0.2) is 0 Å². The van der Waals surface area contributed by atoms with Crippen molar-refractivity contribution in [3.63, 3.8) is 0 Å². The lowest BCUT2D eigenvalue weighted by atomic mass is 10.1. The SMILES string of the molecule is CCCc1ccc(NCC2CN(CC)CCO2)cc1. The van der Waals surface area contributed by atoms with E-state index in [1.165, 1.54) is 17.7 Å². The van der Waals surface area contributed by atoms with Crippen molar-refractivity contribution in [2.45, 2.75) is 32.8 Å². The number of aryl methyl sites for hydroxylation is 1. The number of likely N-dealkylation sites (N-methyl/N-ethyl adjacent to an activating group) is 1. The van der Waals surface area contributed by atoms with Gasteiger partial charge in [-0.3, -0.25) is 4.90 Å². The number of benzene rings is 1. The van der Waals surface area contributed by atoms with Crippen molar-refractivity contribution < 1.29 is 4.74 Å². The zero-order valence-electron chi connectivity index (χ0n) is 12.2. The summed E-state index contributed by atoms with van der Waals surface area (Å²) in [4.78, 5) is 2.44. The Hall–Kier alpha value is -1.06. The molecule has 0 radical (unpaired) electrons. The summed E-state index contributed by atoms with van der Waals surface area (Å²) in [5.41, 5.74) is 2.61. The van der Waals surface area contributed by atoms with E-state index in [4.69, 9.17) is 4.74 Å². The molecule has 1 unspecified atom stereocenters. The van der Waals surface area contributed by atoms with E-state index in [-0.39, 0.29) is 0 Å². The maximum atomic E-state index is 5.79. The lowest BCUT2D eigenvalue weighted by molar-refractivity contribution is -0.0191. The topological polar surface area (TPSA) is 24.5 Å². The zero-order valence-corrected chi connectivity index (χ0v) is 12.2. The number of hydrogen-bond acceptors (Lipinski definition) is 3. The van der Waals surface area contributed by atoms with Crippen LogP contribution in [-0.4, -0.2) is 43.8 Å². The summed E-state index contributed by atoms with van der Waals surface area (Å²) < 4.78 is 5.79. The van der Waals surface area contributed by atoms with E-state index in [2.05, 4.69) is 48.3 Å². The first-order valence-electron chi connectivity index (χ1n) is 7.48. The fourth-order valence-electron chi connectivity index (χ4n) is 2.50. The van der Waals surface area contributed by atoms with Crippen molar-refractivity contribution in [1.29, 1.82) is 0 Å². The second kappa shape index (κ2) is 7.51. The number of rotatable bonds is 6. The molecule has 1 heterocycles. The molecule has 1 saturated heterocycles. The van der Waals surface area contributed by atoms with Gasteiger partial charge >= 0.3 is 0 Å². The van der Waals surface area contributed by atoms with Crippen LogP contribution in [0.4, 0.5) is 5.69 Å². The van der Waals surface area contributed by atoms with Crippen LogP contribution in [0, 0.1) is 0 Å². The summed E-state index contributed by atoms with van der Waals surface area (Å²) in [6.07, 6.45) is 2.68. The van der Waals surface area contributed by atoms with Crippen molar-refractivity contribution in [3.8, 4) is 0 Å². The summed E-state index contributed by atoms with van der Waals surface area (Å²) in [7, 11) is 0. The highest BCUT2D eigenvalue weighted by Crippen LogP contribution is 2.12. The monoisotopic (exact) mass is 262 g/mol. The minimum Gasteiger partial charge on any atom is -0.382 e. The predicted molar refractivity (Wildman–Crippen MR) is 80.8 cm³/mol. The Labute approximate surface area is 116 Å². The fourth-order valence-corrected chi connectivity index (χ4v) is 2.50. The number of morpholine rings is 1. The van der Waals surface area contributed by atoms with Gasteiger partial charge in [0.25, 0.3) is 0 Å². The predicted octanol–water partition coefficient (Wildman–Crippen LogP) is 2.77. The molecule has 0 spiro atoms. The molecule has 1 aliphatic rings.